The van der Waals surface area contributed by atoms with Gasteiger partial charge in [0, 0.05) is 10.5 Å². The molecule has 1 radical (unpaired) electrons. The molecule has 0 amide bonds. The lowest BCUT2D eigenvalue weighted by Gasteiger charge is -1.91. The molecule has 0 spiro atoms. The predicted octanol–water partition coefficient (Wildman–Crippen LogP) is 3.04. The molecule has 0 aliphatic heterocycles. The molecule has 47 valence electrons. The lowest BCUT2D eigenvalue weighted by molar-refractivity contribution is 0.627. The van der Waals surface area contributed by atoms with Crippen LogP contribution in [-0.4, -0.2) is 0 Å². The topological polar surface area (TPSA) is 0 Å². The molecule has 0 bridgehead atoms. The Morgan fingerprint density at radius 1 is 1.67 bits per heavy atom. The van der Waals surface area contributed by atoms with E-state index in [1.165, 1.54) is 12.1 Å². The quantitative estimate of drug-likeness (QED) is 0.575. The van der Waals surface area contributed by atoms with Gasteiger partial charge in [0.15, 0.2) is 0 Å². The van der Waals surface area contributed by atoms with Gasteiger partial charge in [0.2, 0.25) is 0 Å². The van der Waals surface area contributed by atoms with Gasteiger partial charge in [-0.25, -0.2) is 4.39 Å². The first-order valence-corrected chi connectivity index (χ1v) is 3.39. The van der Waals surface area contributed by atoms with Crippen molar-refractivity contribution in [1.29, 1.82) is 0 Å². The van der Waals surface area contributed by atoms with Gasteiger partial charge in [-0.3, -0.25) is 0 Å². The summed E-state index contributed by atoms with van der Waals surface area (Å²) in [6.45, 7) is 0. The fourth-order valence-electron chi connectivity index (χ4n) is 0.427. The minimum absolute atomic E-state index is 0.343. The Hall–Kier alpha value is -0.0800. The van der Waals surface area contributed by atoms with E-state index >= 15 is 0 Å². The SMILES string of the molecule is Fc1c[c]c(Br)c(Cl)c1. The maximum Gasteiger partial charge on any atom is 0.125 e. The van der Waals surface area contributed by atoms with Crippen LogP contribution in [0.15, 0.2) is 16.6 Å². The normalized spacial score (nSPS) is 9.67. The van der Waals surface area contributed by atoms with Crippen molar-refractivity contribution in [3.8, 4) is 0 Å². The zero-order valence-electron chi connectivity index (χ0n) is 4.29. The van der Waals surface area contributed by atoms with Crippen LogP contribution in [0.5, 0.6) is 0 Å². The summed E-state index contributed by atoms with van der Waals surface area (Å²) < 4.78 is 12.8. The van der Waals surface area contributed by atoms with E-state index in [-0.39, 0.29) is 5.82 Å². The predicted molar refractivity (Wildman–Crippen MR) is 37.9 cm³/mol. The van der Waals surface area contributed by atoms with Gasteiger partial charge in [0.25, 0.3) is 0 Å². The maximum atomic E-state index is 12.2. The van der Waals surface area contributed by atoms with E-state index in [9.17, 15) is 4.39 Å². The molecule has 0 unspecified atom stereocenters. The zero-order chi connectivity index (χ0) is 6.85. The van der Waals surface area contributed by atoms with E-state index < -0.39 is 0 Å². The number of hydrogen-bond acceptors (Lipinski definition) is 0. The molecule has 1 rings (SSSR count). The minimum atomic E-state index is -0.372. The monoisotopic (exact) mass is 207 g/mol. The van der Waals surface area contributed by atoms with Crippen LogP contribution < -0.4 is 0 Å². The third kappa shape index (κ3) is 1.66. The highest BCUT2D eigenvalue weighted by molar-refractivity contribution is 9.10. The van der Waals surface area contributed by atoms with Crippen molar-refractivity contribution in [1.82, 2.24) is 0 Å². The Bertz CT molecular complexity index is 224. The summed E-state index contributed by atoms with van der Waals surface area (Å²) in [5, 5.41) is 0.343. The molecule has 1 aromatic rings. The van der Waals surface area contributed by atoms with Crippen molar-refractivity contribution in [3.63, 3.8) is 0 Å². The van der Waals surface area contributed by atoms with Gasteiger partial charge in [0.05, 0.1) is 5.02 Å². The van der Waals surface area contributed by atoms with Gasteiger partial charge < -0.3 is 0 Å². The van der Waals surface area contributed by atoms with Crippen molar-refractivity contribution in [2.75, 3.05) is 0 Å². The first-order valence-electron chi connectivity index (χ1n) is 2.22. The molecule has 0 atom stereocenters. The molecule has 0 aromatic heterocycles. The third-order valence-electron chi connectivity index (χ3n) is 0.811. The molecule has 0 fully saturated rings. The summed E-state index contributed by atoms with van der Waals surface area (Å²) in [5.41, 5.74) is 0. The van der Waals surface area contributed by atoms with Gasteiger partial charge in [-0.1, -0.05) is 11.6 Å². The minimum Gasteiger partial charge on any atom is -0.207 e. The highest BCUT2D eigenvalue weighted by atomic mass is 79.9. The second kappa shape index (κ2) is 2.67. The Balaban J connectivity index is 3.17. The first kappa shape index (κ1) is 7.03. The summed E-state index contributed by atoms with van der Waals surface area (Å²) in [4.78, 5) is 0. The number of benzene rings is 1. The van der Waals surface area contributed by atoms with E-state index in [1.807, 2.05) is 0 Å². The molecule has 3 heteroatoms. The fourth-order valence-corrected chi connectivity index (χ4v) is 0.815. The number of hydrogen-bond donors (Lipinski definition) is 0. The van der Waals surface area contributed by atoms with Crippen molar-refractivity contribution in [2.45, 2.75) is 0 Å². The second-order valence-electron chi connectivity index (χ2n) is 1.48. The van der Waals surface area contributed by atoms with Crippen molar-refractivity contribution in [2.24, 2.45) is 0 Å². The first-order chi connectivity index (χ1) is 4.20. The summed E-state index contributed by atoms with van der Waals surface area (Å²) >= 11 is 8.57. The molecule has 0 heterocycles. The maximum absolute atomic E-state index is 12.2. The molecule has 0 aliphatic rings. The van der Waals surface area contributed by atoms with E-state index in [0.29, 0.717) is 9.50 Å². The fraction of sp³-hybridized carbons (Fsp3) is 0. The molecule has 9 heavy (non-hydrogen) atoms. The molecular formula is C6H2BrClF. The van der Waals surface area contributed by atoms with Crippen molar-refractivity contribution in [3.05, 3.63) is 33.5 Å². The standard InChI is InChI=1S/C6H2BrClF/c7-5-2-1-4(9)3-6(5)8/h1,3H. The number of rotatable bonds is 0. The molecule has 0 nitrogen and oxygen atoms in total. The third-order valence-corrected chi connectivity index (χ3v) is 1.99. The van der Waals surface area contributed by atoms with Crippen LogP contribution in [0.4, 0.5) is 4.39 Å². The Morgan fingerprint density at radius 2 is 2.33 bits per heavy atom. The second-order valence-corrected chi connectivity index (χ2v) is 2.68. The van der Waals surface area contributed by atoms with Gasteiger partial charge >= 0.3 is 0 Å². The van der Waals surface area contributed by atoms with Gasteiger partial charge in [-0.15, -0.1) is 0 Å². The molecule has 0 saturated heterocycles. The van der Waals surface area contributed by atoms with Crippen LogP contribution in [0.2, 0.25) is 5.02 Å². The highest BCUT2D eigenvalue weighted by Crippen LogP contribution is 2.21. The van der Waals surface area contributed by atoms with Crippen molar-refractivity contribution >= 4 is 27.5 Å². The van der Waals surface area contributed by atoms with Crippen LogP contribution in [0.1, 0.15) is 0 Å². The van der Waals surface area contributed by atoms with E-state index in [4.69, 9.17) is 11.6 Å². The lowest BCUT2D eigenvalue weighted by Crippen LogP contribution is -1.73. The molecular weight excluding hydrogens is 206 g/mol. The van der Waals surface area contributed by atoms with Crippen LogP contribution in [-0.2, 0) is 0 Å². The Labute approximate surface area is 65.8 Å². The molecule has 0 N–H and O–H groups in total. The Morgan fingerprint density at radius 3 is 2.78 bits per heavy atom. The lowest BCUT2D eigenvalue weighted by atomic mass is 10.3. The van der Waals surface area contributed by atoms with Crippen LogP contribution in [0.3, 0.4) is 0 Å². The summed E-state index contributed by atoms with van der Waals surface area (Å²) in [6.07, 6.45) is 0. The van der Waals surface area contributed by atoms with Crippen LogP contribution in [0, 0.1) is 11.9 Å². The van der Waals surface area contributed by atoms with Gasteiger partial charge in [0.1, 0.15) is 5.82 Å². The smallest absolute Gasteiger partial charge is 0.125 e. The van der Waals surface area contributed by atoms with Crippen LogP contribution in [0.25, 0.3) is 0 Å². The van der Waals surface area contributed by atoms with Gasteiger partial charge in [-0.05, 0) is 28.1 Å². The zero-order valence-corrected chi connectivity index (χ0v) is 6.63. The van der Waals surface area contributed by atoms with E-state index in [2.05, 4.69) is 22.0 Å². The largest absolute Gasteiger partial charge is 0.207 e. The summed E-state index contributed by atoms with van der Waals surface area (Å²) in [7, 11) is 0. The summed E-state index contributed by atoms with van der Waals surface area (Å²) in [5.74, 6) is -0.372. The van der Waals surface area contributed by atoms with Gasteiger partial charge in [-0.2, -0.15) is 0 Å². The van der Waals surface area contributed by atoms with Crippen LogP contribution >= 0.6 is 27.5 Å². The molecule has 0 aliphatic carbocycles. The average molecular weight is 208 g/mol. The Kier molecular flexibility index (Phi) is 2.09. The van der Waals surface area contributed by atoms with E-state index in [0.717, 1.165) is 0 Å². The highest BCUT2D eigenvalue weighted by Gasteiger charge is 1.96. The number of halogens is 3. The summed E-state index contributed by atoms with van der Waals surface area (Å²) in [6, 6.07) is 5.02. The van der Waals surface area contributed by atoms with Crippen molar-refractivity contribution < 1.29 is 4.39 Å². The molecule has 1 aromatic carbocycles. The average Bonchev–Trinajstić information content (AvgIpc) is 1.80. The molecule has 0 saturated carbocycles. The van der Waals surface area contributed by atoms with E-state index in [1.54, 1.807) is 0 Å².